The van der Waals surface area contributed by atoms with Gasteiger partial charge in [-0.1, -0.05) is 41.9 Å². The summed E-state index contributed by atoms with van der Waals surface area (Å²) < 4.78 is 65.7. The van der Waals surface area contributed by atoms with Crippen LogP contribution in [0, 0.1) is 0 Å². The third-order valence-electron chi connectivity index (χ3n) is 6.17. The van der Waals surface area contributed by atoms with Gasteiger partial charge in [-0.25, -0.2) is 23.1 Å². The van der Waals surface area contributed by atoms with Crippen LogP contribution in [0.4, 0.5) is 13.2 Å². The van der Waals surface area contributed by atoms with Crippen LogP contribution in [-0.4, -0.2) is 34.5 Å². The SMILES string of the molecule is CC1(NC(=O)c2c(S(N)(=O)=O)nn3c(-c4ccc(C(F)(F)F)cc4)c(-c4ccccc4Cl)cnc23)CC1. The van der Waals surface area contributed by atoms with Gasteiger partial charge in [-0.2, -0.15) is 18.3 Å². The second kappa shape index (κ2) is 8.54. The van der Waals surface area contributed by atoms with Crippen molar-refractivity contribution < 1.29 is 26.4 Å². The molecule has 4 aromatic rings. The Hall–Kier alpha value is -3.48. The largest absolute Gasteiger partial charge is 0.416 e. The number of primary sulfonamides is 1. The first kappa shape index (κ1) is 25.2. The number of sulfonamides is 1. The highest BCUT2D eigenvalue weighted by Gasteiger charge is 2.41. The molecule has 1 amide bonds. The molecular weight excluding hydrogens is 531 g/mol. The Bertz CT molecular complexity index is 1660. The number of halogens is 4. The van der Waals surface area contributed by atoms with Gasteiger partial charge >= 0.3 is 6.18 Å². The van der Waals surface area contributed by atoms with E-state index in [2.05, 4.69) is 15.4 Å². The zero-order valence-electron chi connectivity index (χ0n) is 19.2. The van der Waals surface area contributed by atoms with Crippen LogP contribution in [0.5, 0.6) is 0 Å². The van der Waals surface area contributed by atoms with E-state index in [1.165, 1.54) is 18.3 Å². The lowest BCUT2D eigenvalue weighted by Gasteiger charge is -2.15. The molecule has 1 saturated carbocycles. The summed E-state index contributed by atoms with van der Waals surface area (Å²) >= 11 is 6.41. The van der Waals surface area contributed by atoms with E-state index in [-0.39, 0.29) is 22.5 Å². The van der Waals surface area contributed by atoms with Crippen LogP contribution >= 0.6 is 11.6 Å². The number of carbonyl (C=O) groups is 1. The van der Waals surface area contributed by atoms with Gasteiger partial charge in [0.1, 0.15) is 5.56 Å². The zero-order valence-corrected chi connectivity index (χ0v) is 20.7. The van der Waals surface area contributed by atoms with Crippen molar-refractivity contribution in [2.75, 3.05) is 0 Å². The third-order valence-corrected chi connectivity index (χ3v) is 7.33. The van der Waals surface area contributed by atoms with E-state index in [1.54, 1.807) is 24.3 Å². The zero-order chi connectivity index (χ0) is 26.8. The number of fused-ring (bicyclic) bond motifs is 1. The minimum atomic E-state index is -4.56. The van der Waals surface area contributed by atoms with Crippen molar-refractivity contribution in [3.8, 4) is 22.4 Å². The van der Waals surface area contributed by atoms with Crippen LogP contribution in [0.25, 0.3) is 28.0 Å². The summed E-state index contributed by atoms with van der Waals surface area (Å²) in [6.07, 6.45) is -1.77. The predicted molar refractivity (Wildman–Crippen MR) is 130 cm³/mol. The van der Waals surface area contributed by atoms with Crippen LogP contribution in [0.2, 0.25) is 5.02 Å². The molecule has 192 valence electrons. The Morgan fingerprint density at radius 2 is 1.76 bits per heavy atom. The molecular formula is C24H19ClF3N5O3S. The quantitative estimate of drug-likeness (QED) is 0.375. The molecule has 2 heterocycles. The van der Waals surface area contributed by atoms with E-state index < -0.39 is 38.2 Å². The second-order valence-electron chi connectivity index (χ2n) is 9.05. The van der Waals surface area contributed by atoms with Gasteiger partial charge in [-0.3, -0.25) is 4.79 Å². The van der Waals surface area contributed by atoms with Gasteiger partial charge in [0.05, 0.1) is 11.3 Å². The van der Waals surface area contributed by atoms with Gasteiger partial charge in [0.2, 0.25) is 5.03 Å². The molecule has 1 aliphatic carbocycles. The van der Waals surface area contributed by atoms with E-state index in [0.717, 1.165) is 16.6 Å². The lowest BCUT2D eigenvalue weighted by Crippen LogP contribution is -2.35. The Morgan fingerprint density at radius 1 is 1.11 bits per heavy atom. The summed E-state index contributed by atoms with van der Waals surface area (Å²) in [5, 5.41) is 11.9. The molecule has 1 aliphatic rings. The minimum absolute atomic E-state index is 0.128. The molecule has 0 unspecified atom stereocenters. The molecule has 13 heteroatoms. The number of hydrogen-bond donors (Lipinski definition) is 2. The smallest absolute Gasteiger partial charge is 0.347 e. The Kier molecular flexibility index (Phi) is 5.81. The maximum atomic E-state index is 13.2. The van der Waals surface area contributed by atoms with Gasteiger partial charge in [0, 0.05) is 33.4 Å². The van der Waals surface area contributed by atoms with E-state index >= 15 is 0 Å². The lowest BCUT2D eigenvalue weighted by atomic mass is 9.99. The van der Waals surface area contributed by atoms with Crippen molar-refractivity contribution in [3.63, 3.8) is 0 Å². The fourth-order valence-corrected chi connectivity index (χ4v) is 4.89. The predicted octanol–water partition coefficient (Wildman–Crippen LogP) is 4.67. The van der Waals surface area contributed by atoms with Gasteiger partial charge in [-0.15, -0.1) is 0 Å². The van der Waals surface area contributed by atoms with Crippen LogP contribution in [0.1, 0.15) is 35.7 Å². The van der Waals surface area contributed by atoms with Crippen molar-refractivity contribution in [2.45, 2.75) is 36.5 Å². The summed E-state index contributed by atoms with van der Waals surface area (Å²) in [4.78, 5) is 17.5. The molecule has 2 aromatic heterocycles. The molecule has 0 atom stereocenters. The molecule has 1 fully saturated rings. The molecule has 0 spiro atoms. The van der Waals surface area contributed by atoms with E-state index in [0.29, 0.717) is 29.0 Å². The number of nitrogens with two attached hydrogens (primary N) is 1. The van der Waals surface area contributed by atoms with Crippen molar-refractivity contribution in [2.24, 2.45) is 5.14 Å². The normalized spacial score (nSPS) is 15.1. The van der Waals surface area contributed by atoms with Gasteiger partial charge in [0.15, 0.2) is 5.65 Å². The number of rotatable bonds is 5. The molecule has 37 heavy (non-hydrogen) atoms. The number of alkyl halides is 3. The van der Waals surface area contributed by atoms with Crippen LogP contribution in [-0.2, 0) is 16.2 Å². The number of hydrogen-bond acceptors (Lipinski definition) is 5. The monoisotopic (exact) mass is 549 g/mol. The van der Waals surface area contributed by atoms with Gasteiger partial charge in [0.25, 0.3) is 15.9 Å². The first-order valence-corrected chi connectivity index (χ1v) is 12.9. The molecule has 2 aromatic carbocycles. The topological polar surface area (TPSA) is 119 Å². The van der Waals surface area contributed by atoms with E-state index in [4.69, 9.17) is 16.7 Å². The maximum Gasteiger partial charge on any atom is 0.416 e. The van der Waals surface area contributed by atoms with E-state index in [1.807, 2.05) is 6.92 Å². The van der Waals surface area contributed by atoms with Crippen LogP contribution < -0.4 is 10.5 Å². The summed E-state index contributed by atoms with van der Waals surface area (Å²) in [6, 6.07) is 10.9. The summed E-state index contributed by atoms with van der Waals surface area (Å²) in [5.41, 5.74) is -0.599. The van der Waals surface area contributed by atoms with Crippen LogP contribution in [0.3, 0.4) is 0 Å². The van der Waals surface area contributed by atoms with Crippen LogP contribution in [0.15, 0.2) is 59.8 Å². The molecule has 0 radical (unpaired) electrons. The lowest BCUT2D eigenvalue weighted by molar-refractivity contribution is -0.137. The van der Waals surface area contributed by atoms with Crippen molar-refractivity contribution in [1.29, 1.82) is 0 Å². The molecule has 3 N–H and O–H groups in total. The average molecular weight is 550 g/mol. The van der Waals surface area contributed by atoms with E-state index in [9.17, 15) is 26.4 Å². The standard InChI is InChI=1S/C24H19ClF3N5O3S/c1-23(10-11-23)31-21(34)18-20-30-12-16(15-4-2-3-5-17(15)25)19(33(20)32-22(18)37(29,35)36)13-6-8-14(9-7-13)24(26,27)28/h2-9,12H,10-11H2,1H3,(H,31,34)(H2,29,35,36). The summed E-state index contributed by atoms with van der Waals surface area (Å²) in [7, 11) is -4.49. The number of nitrogens with one attached hydrogen (secondary N) is 1. The fraction of sp³-hybridized carbons (Fsp3) is 0.208. The van der Waals surface area contributed by atoms with Crippen molar-refractivity contribution >= 4 is 33.2 Å². The average Bonchev–Trinajstić information content (AvgIpc) is 3.39. The highest BCUT2D eigenvalue weighted by molar-refractivity contribution is 7.89. The molecule has 0 saturated heterocycles. The maximum absolute atomic E-state index is 13.2. The number of nitrogens with zero attached hydrogens (tertiary/aromatic N) is 3. The number of carbonyl (C=O) groups excluding carboxylic acids is 1. The van der Waals surface area contributed by atoms with Crippen molar-refractivity contribution in [1.82, 2.24) is 19.9 Å². The Morgan fingerprint density at radius 3 is 2.32 bits per heavy atom. The first-order valence-electron chi connectivity index (χ1n) is 11.0. The Labute approximate surface area is 214 Å². The number of amides is 1. The molecule has 0 bridgehead atoms. The number of benzene rings is 2. The minimum Gasteiger partial charge on any atom is -0.347 e. The van der Waals surface area contributed by atoms with Gasteiger partial charge < -0.3 is 5.32 Å². The fourth-order valence-electron chi connectivity index (χ4n) is 3.98. The molecule has 5 rings (SSSR count). The first-order chi connectivity index (χ1) is 17.3. The molecule has 8 nitrogen and oxygen atoms in total. The molecule has 0 aliphatic heterocycles. The number of aromatic nitrogens is 3. The summed E-state index contributed by atoms with van der Waals surface area (Å²) in [6.45, 7) is 1.81. The van der Waals surface area contributed by atoms with Gasteiger partial charge in [-0.05, 0) is 38.0 Å². The second-order valence-corrected chi connectivity index (χ2v) is 10.9. The van der Waals surface area contributed by atoms with Crippen molar-refractivity contribution in [3.05, 3.63) is 70.9 Å². The highest BCUT2D eigenvalue weighted by Crippen LogP contribution is 2.39. The summed E-state index contributed by atoms with van der Waals surface area (Å²) in [5.74, 6) is -0.726. The highest BCUT2D eigenvalue weighted by atomic mass is 35.5. The third kappa shape index (κ3) is 4.67. The Balaban J connectivity index is 1.83.